The lowest BCUT2D eigenvalue weighted by Gasteiger charge is -2.36. The number of amides is 2. The Bertz CT molecular complexity index is 627. The maximum atomic E-state index is 12.5. The van der Waals surface area contributed by atoms with Crippen molar-refractivity contribution in [2.45, 2.75) is 12.5 Å². The third-order valence-electron chi connectivity index (χ3n) is 3.92. The molecule has 21 heavy (non-hydrogen) atoms. The van der Waals surface area contributed by atoms with Gasteiger partial charge < -0.3 is 16.0 Å². The predicted octanol–water partition coefficient (Wildman–Crippen LogP) is 2.78. The van der Waals surface area contributed by atoms with Crippen LogP contribution < -0.4 is 11.1 Å². The summed E-state index contributed by atoms with van der Waals surface area (Å²) in [6.07, 6.45) is 0.870. The van der Waals surface area contributed by atoms with E-state index in [9.17, 15) is 4.79 Å². The van der Waals surface area contributed by atoms with Gasteiger partial charge in [-0.25, -0.2) is 4.79 Å². The number of urea groups is 1. The highest BCUT2D eigenvalue weighted by atomic mass is 16.2. The molecule has 1 aliphatic rings. The van der Waals surface area contributed by atoms with Crippen LogP contribution in [0.15, 0.2) is 54.6 Å². The molecule has 1 aliphatic heterocycles. The zero-order valence-corrected chi connectivity index (χ0v) is 11.8. The predicted molar refractivity (Wildman–Crippen MR) is 84.1 cm³/mol. The molecule has 2 aromatic rings. The molecule has 3 N–H and O–H groups in total. The van der Waals surface area contributed by atoms with Gasteiger partial charge in [-0.05, 0) is 29.7 Å². The van der Waals surface area contributed by atoms with Gasteiger partial charge >= 0.3 is 6.03 Å². The van der Waals surface area contributed by atoms with Crippen LogP contribution in [0.25, 0.3) is 0 Å². The quantitative estimate of drug-likeness (QED) is 0.889. The van der Waals surface area contributed by atoms with E-state index >= 15 is 0 Å². The second kappa shape index (κ2) is 5.97. The van der Waals surface area contributed by atoms with Gasteiger partial charge in [0, 0.05) is 18.8 Å². The summed E-state index contributed by atoms with van der Waals surface area (Å²) in [5.74, 6) is 0. The fourth-order valence-corrected chi connectivity index (χ4v) is 2.87. The zero-order chi connectivity index (χ0) is 14.7. The first-order valence-electron chi connectivity index (χ1n) is 7.20. The standard InChI is InChI=1S/C17H19N3O/c18-12-16-15-9-5-4-6-13(15)10-11-20(16)17(21)19-14-7-2-1-3-8-14/h1-9,16H,10-12,18H2,(H,19,21). The van der Waals surface area contributed by atoms with Crippen LogP contribution in [0.5, 0.6) is 0 Å². The molecule has 0 fully saturated rings. The number of hydrogen-bond donors (Lipinski definition) is 2. The highest BCUT2D eigenvalue weighted by Crippen LogP contribution is 2.29. The molecule has 4 heteroatoms. The second-order valence-electron chi connectivity index (χ2n) is 5.19. The molecule has 0 radical (unpaired) electrons. The molecule has 4 nitrogen and oxygen atoms in total. The Balaban J connectivity index is 1.81. The van der Waals surface area contributed by atoms with E-state index in [1.165, 1.54) is 5.56 Å². The lowest BCUT2D eigenvalue weighted by atomic mass is 9.93. The number of hydrogen-bond acceptors (Lipinski definition) is 2. The first-order valence-corrected chi connectivity index (χ1v) is 7.20. The summed E-state index contributed by atoms with van der Waals surface area (Å²) >= 11 is 0. The van der Waals surface area contributed by atoms with E-state index in [1.54, 1.807) is 0 Å². The van der Waals surface area contributed by atoms with Crippen molar-refractivity contribution in [1.29, 1.82) is 0 Å². The number of carbonyl (C=O) groups is 1. The Kier molecular flexibility index (Phi) is 3.88. The van der Waals surface area contributed by atoms with Crippen LogP contribution >= 0.6 is 0 Å². The molecular formula is C17H19N3O. The Morgan fingerprint density at radius 1 is 1.14 bits per heavy atom. The topological polar surface area (TPSA) is 58.4 Å². The van der Waals surface area contributed by atoms with E-state index in [1.807, 2.05) is 47.4 Å². The molecule has 0 saturated carbocycles. The van der Waals surface area contributed by atoms with Gasteiger partial charge in [0.2, 0.25) is 0 Å². The molecule has 0 saturated heterocycles. The van der Waals surface area contributed by atoms with Crippen LogP contribution in [0.4, 0.5) is 10.5 Å². The van der Waals surface area contributed by atoms with Gasteiger partial charge in [0.15, 0.2) is 0 Å². The lowest BCUT2D eigenvalue weighted by molar-refractivity contribution is 0.184. The fourth-order valence-electron chi connectivity index (χ4n) is 2.87. The van der Waals surface area contributed by atoms with Crippen molar-refractivity contribution in [1.82, 2.24) is 4.90 Å². The largest absolute Gasteiger partial charge is 0.328 e. The van der Waals surface area contributed by atoms with Crippen molar-refractivity contribution in [3.05, 3.63) is 65.7 Å². The summed E-state index contributed by atoms with van der Waals surface area (Å²) in [6, 6.07) is 17.6. The minimum Gasteiger partial charge on any atom is -0.328 e. The maximum Gasteiger partial charge on any atom is 0.322 e. The molecule has 108 valence electrons. The number of fused-ring (bicyclic) bond motifs is 1. The Hall–Kier alpha value is -2.33. The molecule has 2 aromatic carbocycles. The first kappa shape index (κ1) is 13.6. The number of benzene rings is 2. The molecule has 0 bridgehead atoms. The summed E-state index contributed by atoms with van der Waals surface area (Å²) in [5.41, 5.74) is 9.17. The molecule has 1 atom stereocenters. The molecule has 3 rings (SSSR count). The van der Waals surface area contributed by atoms with Crippen LogP contribution in [0.3, 0.4) is 0 Å². The van der Waals surface area contributed by atoms with Crippen LogP contribution in [-0.2, 0) is 6.42 Å². The number of nitrogens with one attached hydrogen (secondary N) is 1. The molecule has 0 spiro atoms. The van der Waals surface area contributed by atoms with Gasteiger partial charge in [-0.2, -0.15) is 0 Å². The van der Waals surface area contributed by atoms with E-state index in [-0.39, 0.29) is 12.1 Å². The number of para-hydroxylation sites is 1. The fraction of sp³-hybridized carbons (Fsp3) is 0.235. The van der Waals surface area contributed by atoms with Crippen molar-refractivity contribution < 1.29 is 4.79 Å². The van der Waals surface area contributed by atoms with Crippen LogP contribution in [-0.4, -0.2) is 24.0 Å². The minimum absolute atomic E-state index is 0.0568. The molecular weight excluding hydrogens is 262 g/mol. The highest BCUT2D eigenvalue weighted by Gasteiger charge is 2.29. The average molecular weight is 281 g/mol. The van der Waals surface area contributed by atoms with Crippen LogP contribution in [0.2, 0.25) is 0 Å². The number of anilines is 1. The smallest absolute Gasteiger partial charge is 0.322 e. The van der Waals surface area contributed by atoms with Gasteiger partial charge in [0.25, 0.3) is 0 Å². The molecule has 2 amide bonds. The monoisotopic (exact) mass is 281 g/mol. The SMILES string of the molecule is NCC1c2ccccc2CCN1C(=O)Nc1ccccc1. The summed E-state index contributed by atoms with van der Waals surface area (Å²) in [6.45, 7) is 1.12. The van der Waals surface area contributed by atoms with Crippen molar-refractivity contribution in [3.63, 3.8) is 0 Å². The van der Waals surface area contributed by atoms with Crippen LogP contribution in [0.1, 0.15) is 17.2 Å². The van der Waals surface area contributed by atoms with Crippen molar-refractivity contribution in [2.75, 3.05) is 18.4 Å². The maximum absolute atomic E-state index is 12.5. The number of carbonyl (C=O) groups excluding carboxylic acids is 1. The Morgan fingerprint density at radius 3 is 2.62 bits per heavy atom. The second-order valence-corrected chi connectivity index (χ2v) is 5.19. The highest BCUT2D eigenvalue weighted by molar-refractivity contribution is 5.89. The van der Waals surface area contributed by atoms with Gasteiger partial charge in [0.1, 0.15) is 0 Å². The minimum atomic E-state index is -0.0915. The number of rotatable bonds is 2. The van der Waals surface area contributed by atoms with E-state index in [4.69, 9.17) is 5.73 Å². The van der Waals surface area contributed by atoms with E-state index in [0.717, 1.165) is 17.7 Å². The van der Waals surface area contributed by atoms with Crippen molar-refractivity contribution >= 4 is 11.7 Å². The Morgan fingerprint density at radius 2 is 1.86 bits per heavy atom. The van der Waals surface area contributed by atoms with Gasteiger partial charge in [-0.15, -0.1) is 0 Å². The number of nitrogens with two attached hydrogens (primary N) is 1. The van der Waals surface area contributed by atoms with Gasteiger partial charge in [-0.1, -0.05) is 42.5 Å². The van der Waals surface area contributed by atoms with Gasteiger partial charge in [-0.3, -0.25) is 0 Å². The third kappa shape index (κ3) is 2.76. The average Bonchev–Trinajstić information content (AvgIpc) is 2.54. The Labute approximate surface area is 124 Å². The van der Waals surface area contributed by atoms with E-state index in [0.29, 0.717) is 13.1 Å². The summed E-state index contributed by atoms with van der Waals surface area (Å²) in [4.78, 5) is 14.3. The molecule has 0 aliphatic carbocycles. The lowest BCUT2D eigenvalue weighted by Crippen LogP contribution is -2.45. The van der Waals surface area contributed by atoms with Crippen molar-refractivity contribution in [3.8, 4) is 0 Å². The van der Waals surface area contributed by atoms with Gasteiger partial charge in [0.05, 0.1) is 6.04 Å². The van der Waals surface area contributed by atoms with Crippen molar-refractivity contribution in [2.24, 2.45) is 5.73 Å². The molecule has 0 aromatic heterocycles. The zero-order valence-electron chi connectivity index (χ0n) is 11.8. The summed E-state index contributed by atoms with van der Waals surface area (Å²) in [7, 11) is 0. The van der Waals surface area contributed by atoms with Crippen LogP contribution in [0, 0.1) is 0 Å². The summed E-state index contributed by atoms with van der Waals surface area (Å²) in [5, 5.41) is 2.94. The first-order chi connectivity index (χ1) is 10.3. The van der Waals surface area contributed by atoms with E-state index in [2.05, 4.69) is 17.4 Å². The summed E-state index contributed by atoms with van der Waals surface area (Å²) < 4.78 is 0. The molecule has 1 heterocycles. The molecule has 1 unspecified atom stereocenters. The third-order valence-corrected chi connectivity index (χ3v) is 3.92. The number of nitrogens with zero attached hydrogens (tertiary/aromatic N) is 1. The van der Waals surface area contributed by atoms with E-state index < -0.39 is 0 Å². The normalized spacial score (nSPS) is 17.2.